The number of ether oxygens (including phenoxy) is 1. The Morgan fingerprint density at radius 2 is 1.79 bits per heavy atom. The minimum Gasteiger partial charge on any atom is -0.481 e. The highest BCUT2D eigenvalue weighted by molar-refractivity contribution is 5.82. The zero-order valence-electron chi connectivity index (χ0n) is 15.3. The molecule has 1 heterocycles. The summed E-state index contributed by atoms with van der Waals surface area (Å²) in [5, 5.41) is 12.1. The van der Waals surface area contributed by atoms with Gasteiger partial charge in [0.05, 0.1) is 11.8 Å². The van der Waals surface area contributed by atoms with Crippen molar-refractivity contribution in [3.05, 3.63) is 0 Å². The van der Waals surface area contributed by atoms with Crippen LogP contribution in [-0.4, -0.2) is 53.2 Å². The van der Waals surface area contributed by atoms with Crippen LogP contribution in [-0.2, 0) is 14.3 Å². The molecule has 2 atom stereocenters. The first kappa shape index (κ1) is 20.3. The molecule has 0 saturated carbocycles. The fourth-order valence-corrected chi connectivity index (χ4v) is 2.57. The van der Waals surface area contributed by atoms with Crippen LogP contribution in [0.4, 0.5) is 4.79 Å². The van der Waals surface area contributed by atoms with Gasteiger partial charge in [-0.1, -0.05) is 13.8 Å². The van der Waals surface area contributed by atoms with Gasteiger partial charge in [-0.2, -0.15) is 0 Å². The number of hydrogen-bond donors (Lipinski definition) is 2. The molecule has 138 valence electrons. The van der Waals surface area contributed by atoms with E-state index in [2.05, 4.69) is 19.2 Å². The second kappa shape index (κ2) is 8.35. The van der Waals surface area contributed by atoms with Crippen molar-refractivity contribution in [3.63, 3.8) is 0 Å². The van der Waals surface area contributed by atoms with Gasteiger partial charge in [-0.15, -0.1) is 0 Å². The van der Waals surface area contributed by atoms with Crippen molar-refractivity contribution in [2.75, 3.05) is 19.6 Å². The number of carbonyl (C=O) groups excluding carboxylic acids is 2. The van der Waals surface area contributed by atoms with Crippen LogP contribution in [0.2, 0.25) is 0 Å². The normalized spacial score (nSPS) is 21.5. The van der Waals surface area contributed by atoms with Gasteiger partial charge in [0.2, 0.25) is 5.91 Å². The van der Waals surface area contributed by atoms with Gasteiger partial charge in [0.25, 0.3) is 0 Å². The average Bonchev–Trinajstić information content (AvgIpc) is 2.44. The molecule has 0 radical (unpaired) electrons. The summed E-state index contributed by atoms with van der Waals surface area (Å²) in [6, 6.07) is 0. The molecule has 1 rings (SSSR count). The molecule has 1 aliphatic rings. The van der Waals surface area contributed by atoms with E-state index in [4.69, 9.17) is 4.74 Å². The van der Waals surface area contributed by atoms with Crippen LogP contribution in [0.25, 0.3) is 0 Å². The molecule has 1 aliphatic heterocycles. The molecule has 2 N–H and O–H groups in total. The molecule has 0 bridgehead atoms. The first-order chi connectivity index (χ1) is 11.0. The second-order valence-electron chi connectivity index (χ2n) is 7.83. The summed E-state index contributed by atoms with van der Waals surface area (Å²) < 4.78 is 5.31. The molecule has 0 aromatic rings. The number of nitrogens with one attached hydrogen (secondary N) is 1. The van der Waals surface area contributed by atoms with E-state index < -0.39 is 29.5 Å². The van der Waals surface area contributed by atoms with Crippen LogP contribution in [0.3, 0.4) is 0 Å². The fraction of sp³-hybridized carbons (Fsp3) is 0.824. The third kappa shape index (κ3) is 6.76. The van der Waals surface area contributed by atoms with Gasteiger partial charge in [-0.05, 0) is 39.5 Å². The zero-order chi connectivity index (χ0) is 18.5. The number of rotatable bonds is 5. The SMILES string of the molecule is CC(C)CCNC(=O)[C@H]1C[C@H](C(=O)O)CN(C(=O)OC(C)(C)C)C1. The number of likely N-dealkylation sites (tertiary alicyclic amines) is 1. The number of carbonyl (C=O) groups is 3. The molecule has 0 aliphatic carbocycles. The monoisotopic (exact) mass is 342 g/mol. The van der Waals surface area contributed by atoms with Gasteiger partial charge in [0, 0.05) is 19.6 Å². The molecule has 0 unspecified atom stereocenters. The molecular weight excluding hydrogens is 312 g/mol. The van der Waals surface area contributed by atoms with E-state index in [0.29, 0.717) is 12.5 Å². The zero-order valence-corrected chi connectivity index (χ0v) is 15.3. The lowest BCUT2D eigenvalue weighted by atomic mass is 9.88. The molecule has 7 nitrogen and oxygen atoms in total. The van der Waals surface area contributed by atoms with Crippen LogP contribution in [0.15, 0.2) is 0 Å². The van der Waals surface area contributed by atoms with E-state index in [1.165, 1.54) is 4.90 Å². The van der Waals surface area contributed by atoms with Crippen LogP contribution in [0, 0.1) is 17.8 Å². The third-order valence-corrected chi connectivity index (χ3v) is 3.84. The molecule has 0 spiro atoms. The Kier molecular flexibility index (Phi) is 7.05. The summed E-state index contributed by atoms with van der Waals surface area (Å²) in [5.41, 5.74) is -0.664. The lowest BCUT2D eigenvalue weighted by Crippen LogP contribution is -2.51. The van der Waals surface area contributed by atoms with Gasteiger partial charge in [0.15, 0.2) is 0 Å². The smallest absolute Gasteiger partial charge is 0.410 e. The van der Waals surface area contributed by atoms with Crippen LogP contribution in [0.5, 0.6) is 0 Å². The molecular formula is C17H30N2O5. The summed E-state index contributed by atoms with van der Waals surface area (Å²) in [6.45, 7) is 10.2. The third-order valence-electron chi connectivity index (χ3n) is 3.84. The Hall–Kier alpha value is -1.79. The number of carboxylic acids is 1. The van der Waals surface area contributed by atoms with Crippen LogP contribution in [0.1, 0.15) is 47.5 Å². The highest BCUT2D eigenvalue weighted by atomic mass is 16.6. The average molecular weight is 342 g/mol. The summed E-state index contributed by atoms with van der Waals surface area (Å²) >= 11 is 0. The van der Waals surface area contributed by atoms with E-state index in [-0.39, 0.29) is 25.4 Å². The predicted octanol–water partition coefficient (Wildman–Crippen LogP) is 2.11. The van der Waals surface area contributed by atoms with Crippen molar-refractivity contribution in [3.8, 4) is 0 Å². The van der Waals surface area contributed by atoms with Crippen molar-refractivity contribution < 1.29 is 24.2 Å². The minimum absolute atomic E-state index is 0.0695. The number of amides is 2. The number of nitrogens with zero attached hydrogens (tertiary/aromatic N) is 1. The van der Waals surface area contributed by atoms with E-state index in [9.17, 15) is 19.5 Å². The Balaban J connectivity index is 2.73. The fourth-order valence-electron chi connectivity index (χ4n) is 2.57. The van der Waals surface area contributed by atoms with Gasteiger partial charge in [-0.3, -0.25) is 9.59 Å². The quantitative estimate of drug-likeness (QED) is 0.798. The highest BCUT2D eigenvalue weighted by Crippen LogP contribution is 2.24. The Bertz CT molecular complexity index is 470. The van der Waals surface area contributed by atoms with Crippen molar-refractivity contribution in [1.82, 2.24) is 10.2 Å². The first-order valence-corrected chi connectivity index (χ1v) is 8.48. The summed E-state index contributed by atoms with van der Waals surface area (Å²) in [6.07, 6.45) is 0.520. The molecule has 7 heteroatoms. The molecule has 2 amide bonds. The van der Waals surface area contributed by atoms with Crippen molar-refractivity contribution in [2.24, 2.45) is 17.8 Å². The summed E-state index contributed by atoms with van der Waals surface area (Å²) in [5.74, 6) is -2.01. The maximum absolute atomic E-state index is 12.3. The Morgan fingerprint density at radius 1 is 1.21 bits per heavy atom. The summed E-state index contributed by atoms with van der Waals surface area (Å²) in [4.78, 5) is 37.3. The molecule has 0 aromatic carbocycles. The predicted molar refractivity (Wildman–Crippen MR) is 89.5 cm³/mol. The largest absolute Gasteiger partial charge is 0.481 e. The maximum Gasteiger partial charge on any atom is 0.410 e. The van der Waals surface area contributed by atoms with Gasteiger partial charge < -0.3 is 20.1 Å². The second-order valence-corrected chi connectivity index (χ2v) is 7.83. The van der Waals surface area contributed by atoms with Crippen molar-refractivity contribution in [2.45, 2.75) is 53.1 Å². The number of hydrogen-bond acceptors (Lipinski definition) is 4. The Labute approximate surface area is 143 Å². The van der Waals surface area contributed by atoms with E-state index in [1.807, 2.05) is 0 Å². The van der Waals surface area contributed by atoms with Gasteiger partial charge >= 0.3 is 12.1 Å². The molecule has 1 saturated heterocycles. The van der Waals surface area contributed by atoms with E-state index >= 15 is 0 Å². The lowest BCUT2D eigenvalue weighted by Gasteiger charge is -2.36. The lowest BCUT2D eigenvalue weighted by molar-refractivity contribution is -0.145. The number of carboxylic acid groups (broad SMARTS) is 1. The van der Waals surface area contributed by atoms with E-state index in [1.54, 1.807) is 20.8 Å². The first-order valence-electron chi connectivity index (χ1n) is 8.48. The highest BCUT2D eigenvalue weighted by Gasteiger charge is 2.38. The van der Waals surface area contributed by atoms with Crippen molar-refractivity contribution in [1.29, 1.82) is 0 Å². The Morgan fingerprint density at radius 3 is 2.29 bits per heavy atom. The number of piperidine rings is 1. The molecule has 24 heavy (non-hydrogen) atoms. The summed E-state index contributed by atoms with van der Waals surface area (Å²) in [7, 11) is 0. The van der Waals surface area contributed by atoms with Crippen LogP contribution < -0.4 is 5.32 Å². The minimum atomic E-state index is -0.997. The van der Waals surface area contributed by atoms with E-state index in [0.717, 1.165) is 6.42 Å². The van der Waals surface area contributed by atoms with Crippen LogP contribution >= 0.6 is 0 Å². The van der Waals surface area contributed by atoms with Gasteiger partial charge in [0.1, 0.15) is 5.60 Å². The molecule has 1 fully saturated rings. The standard InChI is InChI=1S/C17H30N2O5/c1-11(2)6-7-18-14(20)12-8-13(15(21)22)10-19(9-12)16(23)24-17(3,4)5/h11-13H,6-10H2,1-5H3,(H,18,20)(H,21,22)/t12-,13-/m0/s1. The number of aliphatic carboxylic acids is 1. The topological polar surface area (TPSA) is 95.9 Å². The maximum atomic E-state index is 12.3. The van der Waals surface area contributed by atoms with Gasteiger partial charge in [-0.25, -0.2) is 4.79 Å². The van der Waals surface area contributed by atoms with Crippen molar-refractivity contribution >= 4 is 18.0 Å². The molecule has 0 aromatic heterocycles.